The molecule has 0 aromatic heterocycles. The first kappa shape index (κ1) is 11.2. The van der Waals surface area contributed by atoms with Crippen LogP contribution in [-0.2, 0) is 4.79 Å². The Balaban J connectivity index is 2.46. The van der Waals surface area contributed by atoms with Crippen molar-refractivity contribution in [2.75, 3.05) is 23.4 Å². The van der Waals surface area contributed by atoms with Crippen LogP contribution in [0.4, 0.5) is 11.4 Å². The average molecular weight is 241 g/mol. The van der Waals surface area contributed by atoms with Gasteiger partial charge in [-0.25, -0.2) is 0 Å². The number of carbonyl (C=O) groups excluding carboxylic acids is 1. The molecule has 1 amide bonds. The highest BCUT2D eigenvalue weighted by molar-refractivity contribution is 6.34. The summed E-state index contributed by atoms with van der Waals surface area (Å²) < 4.78 is 0. The molecular formula is C11H13ClN2O2. The van der Waals surface area contributed by atoms with Crippen molar-refractivity contribution >= 4 is 28.9 Å². The van der Waals surface area contributed by atoms with E-state index in [1.54, 1.807) is 6.07 Å². The number of fused-ring (bicyclic) bond motifs is 1. The third-order valence-electron chi connectivity index (χ3n) is 2.68. The van der Waals surface area contributed by atoms with Gasteiger partial charge in [0.1, 0.15) is 0 Å². The fourth-order valence-corrected chi connectivity index (χ4v) is 2.00. The summed E-state index contributed by atoms with van der Waals surface area (Å²) in [5.41, 5.74) is 1.48. The quantitative estimate of drug-likeness (QED) is 0.823. The van der Waals surface area contributed by atoms with Gasteiger partial charge in [0.25, 0.3) is 0 Å². The number of aliphatic hydroxyl groups is 1. The highest BCUT2D eigenvalue weighted by Crippen LogP contribution is 2.36. The lowest BCUT2D eigenvalue weighted by atomic mass is 10.1. The zero-order valence-corrected chi connectivity index (χ0v) is 9.66. The molecule has 1 aromatic carbocycles. The van der Waals surface area contributed by atoms with E-state index in [0.717, 1.165) is 5.69 Å². The molecule has 0 bridgehead atoms. The number of halogens is 1. The van der Waals surface area contributed by atoms with Crippen LogP contribution in [0, 0.1) is 0 Å². The number of benzene rings is 1. The zero-order chi connectivity index (χ0) is 11.7. The third kappa shape index (κ3) is 1.86. The summed E-state index contributed by atoms with van der Waals surface area (Å²) in [6.07, 6.45) is 0. The van der Waals surface area contributed by atoms with Crippen LogP contribution in [0.25, 0.3) is 0 Å². The maximum Gasteiger partial charge on any atom is 0.244 e. The van der Waals surface area contributed by atoms with Gasteiger partial charge in [-0.2, -0.15) is 0 Å². The summed E-state index contributed by atoms with van der Waals surface area (Å²) in [5, 5.41) is 12.4. The van der Waals surface area contributed by atoms with Crippen LogP contribution in [-0.4, -0.2) is 30.2 Å². The minimum atomic E-state index is -0.110. The molecule has 16 heavy (non-hydrogen) atoms. The van der Waals surface area contributed by atoms with Crippen LogP contribution in [0.5, 0.6) is 0 Å². The van der Waals surface area contributed by atoms with Gasteiger partial charge in [0.05, 0.1) is 29.5 Å². The van der Waals surface area contributed by atoms with E-state index in [2.05, 4.69) is 5.32 Å². The number of hydrogen-bond donors (Lipinski definition) is 2. The van der Waals surface area contributed by atoms with Gasteiger partial charge in [-0.1, -0.05) is 17.7 Å². The summed E-state index contributed by atoms with van der Waals surface area (Å²) in [6, 6.07) is 5.33. The van der Waals surface area contributed by atoms with Crippen LogP contribution in [0.15, 0.2) is 18.2 Å². The minimum absolute atomic E-state index is 0.000761. The monoisotopic (exact) mass is 240 g/mol. The predicted octanol–water partition coefficient (Wildman–Crippen LogP) is 1.48. The third-order valence-corrected chi connectivity index (χ3v) is 2.99. The van der Waals surface area contributed by atoms with Gasteiger partial charge in [-0.05, 0) is 19.1 Å². The lowest BCUT2D eigenvalue weighted by molar-refractivity contribution is -0.115. The first-order valence-electron chi connectivity index (χ1n) is 5.09. The number of carbonyl (C=O) groups is 1. The normalized spacial score (nSPS) is 16.7. The summed E-state index contributed by atoms with van der Waals surface area (Å²) in [6.45, 7) is 2.11. The molecule has 1 unspecified atom stereocenters. The molecule has 0 spiro atoms. The topological polar surface area (TPSA) is 52.6 Å². The van der Waals surface area contributed by atoms with Gasteiger partial charge in [-0.3, -0.25) is 4.79 Å². The zero-order valence-electron chi connectivity index (χ0n) is 8.90. The van der Waals surface area contributed by atoms with Gasteiger partial charge in [-0.15, -0.1) is 0 Å². The number of hydrogen-bond acceptors (Lipinski definition) is 3. The van der Waals surface area contributed by atoms with Crippen LogP contribution in [0.3, 0.4) is 0 Å². The Bertz CT molecular complexity index is 422. The van der Waals surface area contributed by atoms with E-state index in [0.29, 0.717) is 10.7 Å². The van der Waals surface area contributed by atoms with Crippen molar-refractivity contribution in [3.63, 3.8) is 0 Å². The first-order chi connectivity index (χ1) is 7.63. The molecule has 2 N–H and O–H groups in total. The molecule has 5 heteroatoms. The summed E-state index contributed by atoms with van der Waals surface area (Å²) in [7, 11) is 0. The number of nitrogens with zero attached hydrogens (tertiary/aromatic N) is 1. The summed E-state index contributed by atoms with van der Waals surface area (Å²) in [5.74, 6) is -0.110. The number of anilines is 2. The van der Waals surface area contributed by atoms with Crippen molar-refractivity contribution in [1.29, 1.82) is 0 Å². The maximum atomic E-state index is 11.5. The van der Waals surface area contributed by atoms with E-state index >= 15 is 0 Å². The van der Waals surface area contributed by atoms with Crippen molar-refractivity contribution in [3.05, 3.63) is 23.2 Å². The molecule has 4 nitrogen and oxygen atoms in total. The Kier molecular flexibility index (Phi) is 3.03. The van der Waals surface area contributed by atoms with E-state index in [9.17, 15) is 4.79 Å². The lowest BCUT2D eigenvalue weighted by Gasteiger charge is -2.35. The van der Waals surface area contributed by atoms with E-state index in [4.69, 9.17) is 16.7 Å². The number of rotatable bonds is 2. The molecule has 0 saturated carbocycles. The Morgan fingerprint density at radius 3 is 3.06 bits per heavy atom. The SMILES string of the molecule is CC(CO)N1CC(=O)Nc2c(Cl)cccc21. The molecule has 2 rings (SSSR count). The Labute approximate surface area is 98.8 Å². The van der Waals surface area contributed by atoms with Crippen molar-refractivity contribution < 1.29 is 9.90 Å². The molecule has 1 aliphatic heterocycles. The molecule has 1 aromatic rings. The van der Waals surface area contributed by atoms with Gasteiger partial charge >= 0.3 is 0 Å². The molecule has 0 radical (unpaired) electrons. The standard InChI is InChI=1S/C11H13ClN2O2/c1-7(6-15)14-5-10(16)13-11-8(12)3-2-4-9(11)14/h2-4,7,15H,5-6H2,1H3,(H,13,16). The number of nitrogens with one attached hydrogen (secondary N) is 1. The van der Waals surface area contributed by atoms with Crippen LogP contribution in [0.1, 0.15) is 6.92 Å². The van der Waals surface area contributed by atoms with Gasteiger partial charge in [0.2, 0.25) is 5.91 Å². The molecule has 0 fully saturated rings. The van der Waals surface area contributed by atoms with E-state index in [1.165, 1.54) is 0 Å². The second-order valence-electron chi connectivity index (χ2n) is 3.84. The number of aliphatic hydroxyl groups excluding tert-OH is 1. The molecular weight excluding hydrogens is 228 g/mol. The second-order valence-corrected chi connectivity index (χ2v) is 4.25. The number of amides is 1. The summed E-state index contributed by atoms with van der Waals surface area (Å²) in [4.78, 5) is 13.4. The fourth-order valence-electron chi connectivity index (χ4n) is 1.79. The van der Waals surface area contributed by atoms with Crippen molar-refractivity contribution in [3.8, 4) is 0 Å². The van der Waals surface area contributed by atoms with Crippen molar-refractivity contribution in [1.82, 2.24) is 0 Å². The minimum Gasteiger partial charge on any atom is -0.394 e. The highest BCUT2D eigenvalue weighted by Gasteiger charge is 2.26. The average Bonchev–Trinajstić information content (AvgIpc) is 2.28. The number of para-hydroxylation sites is 1. The molecule has 0 aliphatic carbocycles. The van der Waals surface area contributed by atoms with Crippen molar-refractivity contribution in [2.24, 2.45) is 0 Å². The Morgan fingerprint density at radius 1 is 1.62 bits per heavy atom. The van der Waals surface area contributed by atoms with Crippen LogP contribution < -0.4 is 10.2 Å². The molecule has 86 valence electrons. The Morgan fingerprint density at radius 2 is 2.38 bits per heavy atom. The van der Waals surface area contributed by atoms with Gasteiger partial charge in [0.15, 0.2) is 0 Å². The fraction of sp³-hybridized carbons (Fsp3) is 0.364. The van der Waals surface area contributed by atoms with E-state index in [1.807, 2.05) is 24.0 Å². The predicted molar refractivity (Wildman–Crippen MR) is 64.0 cm³/mol. The smallest absolute Gasteiger partial charge is 0.244 e. The van der Waals surface area contributed by atoms with Gasteiger partial charge < -0.3 is 15.3 Å². The molecule has 1 aliphatic rings. The van der Waals surface area contributed by atoms with E-state index < -0.39 is 0 Å². The highest BCUT2D eigenvalue weighted by atomic mass is 35.5. The molecule has 1 heterocycles. The Hall–Kier alpha value is -1.26. The van der Waals surface area contributed by atoms with Crippen LogP contribution >= 0.6 is 11.6 Å². The summed E-state index contributed by atoms with van der Waals surface area (Å²) >= 11 is 6.02. The second kappa shape index (κ2) is 4.31. The van der Waals surface area contributed by atoms with E-state index in [-0.39, 0.29) is 25.1 Å². The first-order valence-corrected chi connectivity index (χ1v) is 5.47. The van der Waals surface area contributed by atoms with Crippen LogP contribution in [0.2, 0.25) is 5.02 Å². The van der Waals surface area contributed by atoms with Gasteiger partial charge in [0, 0.05) is 6.04 Å². The largest absolute Gasteiger partial charge is 0.394 e. The lowest BCUT2D eigenvalue weighted by Crippen LogP contribution is -2.45. The molecule has 0 saturated heterocycles. The van der Waals surface area contributed by atoms with Crippen molar-refractivity contribution in [2.45, 2.75) is 13.0 Å². The maximum absolute atomic E-state index is 11.5. The molecule has 1 atom stereocenters.